The van der Waals surface area contributed by atoms with Crippen LogP contribution >= 0.6 is 0 Å². The fraction of sp³-hybridized carbons (Fsp3) is 0.647. The van der Waals surface area contributed by atoms with Crippen molar-refractivity contribution in [3.05, 3.63) is 23.9 Å². The molecule has 2 heterocycles. The van der Waals surface area contributed by atoms with Gasteiger partial charge in [-0.25, -0.2) is 4.98 Å². The Morgan fingerprint density at radius 2 is 2.12 bits per heavy atom. The highest BCUT2D eigenvalue weighted by Gasteiger charge is 2.28. The third-order valence-electron chi connectivity index (χ3n) is 4.27. The topological polar surface area (TPSA) is 71.0 Å². The van der Waals surface area contributed by atoms with E-state index < -0.39 is 0 Å². The van der Waals surface area contributed by atoms with Crippen LogP contribution in [0.4, 0.5) is 0 Å². The third-order valence-corrected chi connectivity index (χ3v) is 4.27. The van der Waals surface area contributed by atoms with Crippen LogP contribution in [0.15, 0.2) is 23.3 Å². The van der Waals surface area contributed by atoms with Crippen molar-refractivity contribution in [1.29, 1.82) is 0 Å². The lowest BCUT2D eigenvalue weighted by atomic mass is 10.0. The van der Waals surface area contributed by atoms with E-state index in [4.69, 9.17) is 9.47 Å². The van der Waals surface area contributed by atoms with Crippen LogP contribution in [0.3, 0.4) is 0 Å². The highest BCUT2D eigenvalue weighted by molar-refractivity contribution is 5.79. The summed E-state index contributed by atoms with van der Waals surface area (Å²) in [5.41, 5.74) is 1.03. The Morgan fingerprint density at radius 1 is 1.38 bits per heavy atom. The molecule has 0 aromatic carbocycles. The van der Waals surface area contributed by atoms with Crippen LogP contribution in [-0.2, 0) is 11.3 Å². The maximum Gasteiger partial charge on any atom is 0.218 e. The number of aliphatic imine (C=N–C) groups is 1. The van der Waals surface area contributed by atoms with Crippen molar-refractivity contribution in [3.8, 4) is 5.88 Å². The highest BCUT2D eigenvalue weighted by Crippen LogP contribution is 2.15. The molecule has 0 aliphatic carbocycles. The van der Waals surface area contributed by atoms with Crippen molar-refractivity contribution < 1.29 is 9.47 Å². The number of hydrogen-bond acceptors (Lipinski definition) is 5. The van der Waals surface area contributed by atoms with Gasteiger partial charge in [0.2, 0.25) is 5.88 Å². The Morgan fingerprint density at radius 3 is 2.79 bits per heavy atom. The first-order chi connectivity index (χ1) is 11.6. The molecule has 0 bridgehead atoms. The molecule has 24 heavy (non-hydrogen) atoms. The number of pyridine rings is 1. The molecule has 1 fully saturated rings. The predicted octanol–water partition coefficient (Wildman–Crippen LogP) is 0.866. The van der Waals surface area contributed by atoms with E-state index in [0.29, 0.717) is 12.4 Å². The van der Waals surface area contributed by atoms with Gasteiger partial charge in [-0.05, 0) is 19.9 Å². The fourth-order valence-electron chi connectivity index (χ4n) is 2.72. The van der Waals surface area contributed by atoms with Crippen molar-refractivity contribution >= 4 is 5.96 Å². The van der Waals surface area contributed by atoms with Crippen molar-refractivity contribution in [2.45, 2.75) is 25.9 Å². The molecular formula is C17H29N5O2. The van der Waals surface area contributed by atoms with Gasteiger partial charge in [0, 0.05) is 50.5 Å². The number of ether oxygens (including phenoxy) is 2. The predicted molar refractivity (Wildman–Crippen MR) is 95.5 cm³/mol. The van der Waals surface area contributed by atoms with Crippen LogP contribution < -0.4 is 15.4 Å². The Balaban J connectivity index is 1.86. The van der Waals surface area contributed by atoms with E-state index >= 15 is 0 Å². The maximum absolute atomic E-state index is 5.44. The second kappa shape index (κ2) is 8.84. The minimum absolute atomic E-state index is 0.0351. The molecule has 0 spiro atoms. The van der Waals surface area contributed by atoms with Crippen LogP contribution in [-0.4, -0.2) is 68.4 Å². The average molecular weight is 335 g/mol. The van der Waals surface area contributed by atoms with Crippen molar-refractivity contribution in [2.24, 2.45) is 4.99 Å². The summed E-state index contributed by atoms with van der Waals surface area (Å²) in [5, 5.41) is 6.72. The van der Waals surface area contributed by atoms with Crippen LogP contribution in [0.1, 0.15) is 19.4 Å². The highest BCUT2D eigenvalue weighted by atomic mass is 16.5. The summed E-state index contributed by atoms with van der Waals surface area (Å²) >= 11 is 0. The first-order valence-electron chi connectivity index (χ1n) is 8.32. The van der Waals surface area contributed by atoms with Gasteiger partial charge in [-0.1, -0.05) is 6.07 Å². The first kappa shape index (κ1) is 18.5. The monoisotopic (exact) mass is 335 g/mol. The van der Waals surface area contributed by atoms with E-state index in [1.807, 2.05) is 12.1 Å². The number of methoxy groups -OCH3 is 1. The first-order valence-corrected chi connectivity index (χ1v) is 8.32. The fourth-order valence-corrected chi connectivity index (χ4v) is 2.72. The molecule has 0 unspecified atom stereocenters. The van der Waals surface area contributed by atoms with E-state index in [2.05, 4.69) is 39.4 Å². The van der Waals surface area contributed by atoms with Gasteiger partial charge < -0.3 is 20.1 Å². The molecule has 7 heteroatoms. The SMILES string of the molecule is CN=C(NCc1cccnc1OC)NCC(C)(C)N1CCOCC1. The van der Waals surface area contributed by atoms with Gasteiger partial charge in [-0.2, -0.15) is 0 Å². The standard InChI is InChI=1S/C17H29N5O2/c1-17(2,22-8-10-24-11-9-22)13-21-16(18-3)20-12-14-6-5-7-19-15(14)23-4/h5-7H,8-13H2,1-4H3,(H2,18,20,21). The zero-order valence-electron chi connectivity index (χ0n) is 15.1. The molecule has 2 rings (SSSR count). The smallest absolute Gasteiger partial charge is 0.218 e. The number of morpholine rings is 1. The number of hydrogen-bond donors (Lipinski definition) is 2. The summed E-state index contributed by atoms with van der Waals surface area (Å²) in [6.07, 6.45) is 1.72. The van der Waals surface area contributed by atoms with Crippen molar-refractivity contribution in [1.82, 2.24) is 20.5 Å². The van der Waals surface area contributed by atoms with Crippen LogP contribution in [0.2, 0.25) is 0 Å². The van der Waals surface area contributed by atoms with Gasteiger partial charge in [0.25, 0.3) is 0 Å². The number of nitrogens with one attached hydrogen (secondary N) is 2. The third kappa shape index (κ3) is 5.07. The molecule has 0 radical (unpaired) electrons. The Hall–Kier alpha value is -1.86. The maximum atomic E-state index is 5.44. The number of nitrogens with zero attached hydrogens (tertiary/aromatic N) is 3. The zero-order valence-corrected chi connectivity index (χ0v) is 15.1. The molecule has 1 aliphatic heterocycles. The lowest BCUT2D eigenvalue weighted by Crippen LogP contribution is -2.56. The van der Waals surface area contributed by atoms with Gasteiger partial charge in [-0.15, -0.1) is 0 Å². The second-order valence-electron chi connectivity index (χ2n) is 6.36. The lowest BCUT2D eigenvalue weighted by Gasteiger charge is -2.41. The Kier molecular flexibility index (Phi) is 6.81. The minimum Gasteiger partial charge on any atom is -0.481 e. The molecule has 7 nitrogen and oxygen atoms in total. The van der Waals surface area contributed by atoms with Gasteiger partial charge in [0.05, 0.1) is 20.3 Å². The molecular weight excluding hydrogens is 306 g/mol. The van der Waals surface area contributed by atoms with E-state index in [-0.39, 0.29) is 5.54 Å². The molecule has 2 N–H and O–H groups in total. The van der Waals surface area contributed by atoms with E-state index in [0.717, 1.165) is 44.4 Å². The van der Waals surface area contributed by atoms with Crippen LogP contribution in [0.25, 0.3) is 0 Å². The molecule has 1 aliphatic rings. The van der Waals surface area contributed by atoms with Crippen LogP contribution in [0, 0.1) is 0 Å². The molecule has 134 valence electrons. The lowest BCUT2D eigenvalue weighted by molar-refractivity contribution is -0.00834. The number of aromatic nitrogens is 1. The van der Waals surface area contributed by atoms with Gasteiger partial charge in [-0.3, -0.25) is 9.89 Å². The molecule has 0 atom stereocenters. The van der Waals surface area contributed by atoms with Crippen molar-refractivity contribution in [3.63, 3.8) is 0 Å². The number of guanidine groups is 1. The average Bonchev–Trinajstić information content (AvgIpc) is 2.63. The minimum atomic E-state index is 0.0351. The summed E-state index contributed by atoms with van der Waals surface area (Å²) in [4.78, 5) is 10.9. The van der Waals surface area contributed by atoms with Crippen LogP contribution in [0.5, 0.6) is 5.88 Å². The Bertz CT molecular complexity index is 542. The van der Waals surface area contributed by atoms with E-state index in [9.17, 15) is 0 Å². The second-order valence-corrected chi connectivity index (χ2v) is 6.36. The molecule has 1 saturated heterocycles. The molecule has 1 aromatic rings. The summed E-state index contributed by atoms with van der Waals surface area (Å²) in [6.45, 7) is 9.42. The van der Waals surface area contributed by atoms with Gasteiger partial charge in [0.1, 0.15) is 0 Å². The largest absolute Gasteiger partial charge is 0.481 e. The van der Waals surface area contributed by atoms with Gasteiger partial charge >= 0.3 is 0 Å². The number of rotatable bonds is 6. The summed E-state index contributed by atoms with van der Waals surface area (Å²) < 4.78 is 10.7. The summed E-state index contributed by atoms with van der Waals surface area (Å²) in [6, 6.07) is 3.89. The zero-order chi connectivity index (χ0) is 17.4. The molecule has 0 saturated carbocycles. The molecule has 0 amide bonds. The summed E-state index contributed by atoms with van der Waals surface area (Å²) in [5.74, 6) is 1.40. The molecule has 1 aromatic heterocycles. The Labute approximate surface area is 144 Å². The van der Waals surface area contributed by atoms with Gasteiger partial charge in [0.15, 0.2) is 5.96 Å². The van der Waals surface area contributed by atoms with Crippen molar-refractivity contribution in [2.75, 3.05) is 47.0 Å². The van der Waals surface area contributed by atoms with E-state index in [1.54, 1.807) is 20.4 Å². The quantitative estimate of drug-likeness (QED) is 0.594. The van der Waals surface area contributed by atoms with E-state index in [1.165, 1.54) is 0 Å². The summed E-state index contributed by atoms with van der Waals surface area (Å²) in [7, 11) is 3.40. The normalized spacial score (nSPS) is 16.8.